The Morgan fingerprint density at radius 3 is 2.44 bits per heavy atom. The van der Waals surface area contributed by atoms with E-state index in [1.807, 2.05) is 42.5 Å². The predicted molar refractivity (Wildman–Crippen MR) is 150 cm³/mol. The monoisotopic (exact) mass is 548 g/mol. The van der Waals surface area contributed by atoms with Crippen LogP contribution in [-0.2, 0) is 16.6 Å². The number of para-hydroxylation sites is 2. The van der Waals surface area contributed by atoms with E-state index in [-0.39, 0.29) is 23.8 Å². The van der Waals surface area contributed by atoms with Crippen LogP contribution < -0.4 is 14.4 Å². The van der Waals surface area contributed by atoms with Gasteiger partial charge in [-0.3, -0.25) is 4.31 Å². The van der Waals surface area contributed by atoms with Crippen molar-refractivity contribution in [2.24, 2.45) is 5.92 Å². The molecule has 1 heterocycles. The molecule has 5 nitrogen and oxygen atoms in total. The number of nitrogens with one attached hydrogen (secondary N) is 1. The van der Waals surface area contributed by atoms with E-state index in [9.17, 15) is 8.42 Å². The van der Waals surface area contributed by atoms with Crippen molar-refractivity contribution in [1.82, 2.24) is 5.32 Å². The summed E-state index contributed by atoms with van der Waals surface area (Å²) in [4.78, 5) is 0.196. The van der Waals surface area contributed by atoms with Crippen molar-refractivity contribution in [3.05, 3.63) is 89.4 Å². The first-order valence-electron chi connectivity index (χ1n) is 12.3. The van der Waals surface area contributed by atoms with Gasteiger partial charge >= 0.3 is 0 Å². The number of ether oxygens (including phenoxy) is 1. The standard InChI is InChI=1S/C28H33ClN2O3S.ClH/c29-25-15-17-27(18-16-25)35(32,33)31(26-12-2-1-3-13-26)22-24-11-4-5-14-28(24)34-20-8-10-23-9-6-7-19-30-21-23;/h1-5,11-18,23,30H,6-10,19-22H2;1H. The van der Waals surface area contributed by atoms with Gasteiger partial charge in [-0.15, -0.1) is 12.4 Å². The molecule has 0 aliphatic carbocycles. The SMILES string of the molecule is Cl.O=S(=O)(c1ccc(Cl)cc1)N(Cc1ccccc1OCCCC1CCCCNC1)c1ccccc1. The molecule has 36 heavy (non-hydrogen) atoms. The van der Waals surface area contributed by atoms with Crippen LogP contribution in [-0.4, -0.2) is 28.1 Å². The summed E-state index contributed by atoms with van der Waals surface area (Å²) in [5.41, 5.74) is 1.42. The summed E-state index contributed by atoms with van der Waals surface area (Å²) in [5.74, 6) is 1.42. The van der Waals surface area contributed by atoms with E-state index in [0.29, 0.717) is 23.2 Å². The van der Waals surface area contributed by atoms with E-state index in [2.05, 4.69) is 5.32 Å². The molecule has 0 saturated carbocycles. The van der Waals surface area contributed by atoms with E-state index in [0.717, 1.165) is 37.2 Å². The summed E-state index contributed by atoms with van der Waals surface area (Å²) in [6, 6.07) is 23.1. The Morgan fingerprint density at radius 1 is 0.944 bits per heavy atom. The summed E-state index contributed by atoms with van der Waals surface area (Å²) in [5, 5.41) is 4.02. The average Bonchev–Trinajstić information content (AvgIpc) is 3.15. The Balaban J connectivity index is 0.00000361. The molecule has 4 rings (SSSR count). The van der Waals surface area contributed by atoms with Gasteiger partial charge < -0.3 is 10.1 Å². The summed E-state index contributed by atoms with van der Waals surface area (Å²) < 4.78 is 34.9. The third kappa shape index (κ3) is 7.62. The highest BCUT2D eigenvalue weighted by atomic mass is 35.5. The molecule has 1 saturated heterocycles. The van der Waals surface area contributed by atoms with Crippen molar-refractivity contribution < 1.29 is 13.2 Å². The van der Waals surface area contributed by atoms with Crippen LogP contribution in [0.2, 0.25) is 5.02 Å². The third-order valence-electron chi connectivity index (χ3n) is 6.40. The van der Waals surface area contributed by atoms with Crippen molar-refractivity contribution in [2.45, 2.75) is 43.5 Å². The maximum Gasteiger partial charge on any atom is 0.264 e. The van der Waals surface area contributed by atoms with Crippen LogP contribution in [0.3, 0.4) is 0 Å². The quantitative estimate of drug-likeness (QED) is 0.286. The van der Waals surface area contributed by atoms with Gasteiger partial charge in [-0.05, 0) is 87.2 Å². The van der Waals surface area contributed by atoms with Crippen LogP contribution in [0.1, 0.15) is 37.7 Å². The Morgan fingerprint density at radius 2 is 1.67 bits per heavy atom. The Labute approximate surface area is 226 Å². The molecule has 0 aromatic heterocycles. The number of halogens is 2. The second-order valence-corrected chi connectivity index (χ2v) is 11.3. The molecule has 194 valence electrons. The number of hydrogen-bond acceptors (Lipinski definition) is 4. The summed E-state index contributed by atoms with van der Waals surface area (Å²) in [6.45, 7) is 2.99. The van der Waals surface area contributed by atoms with Crippen LogP contribution in [0.25, 0.3) is 0 Å². The molecule has 8 heteroatoms. The van der Waals surface area contributed by atoms with E-state index < -0.39 is 10.0 Å². The van der Waals surface area contributed by atoms with E-state index in [4.69, 9.17) is 16.3 Å². The number of rotatable bonds is 10. The molecule has 0 bridgehead atoms. The molecule has 1 aliphatic heterocycles. The average molecular weight is 550 g/mol. The van der Waals surface area contributed by atoms with E-state index in [1.165, 1.54) is 23.6 Å². The van der Waals surface area contributed by atoms with Crippen molar-refractivity contribution in [1.29, 1.82) is 0 Å². The molecule has 1 unspecified atom stereocenters. The number of hydrogen-bond donors (Lipinski definition) is 1. The second kappa shape index (κ2) is 13.9. The molecule has 1 aliphatic rings. The lowest BCUT2D eigenvalue weighted by Crippen LogP contribution is -2.30. The molecule has 3 aromatic carbocycles. The van der Waals surface area contributed by atoms with Gasteiger partial charge in [0.1, 0.15) is 5.75 Å². The first kappa shape index (κ1) is 28.3. The van der Waals surface area contributed by atoms with Gasteiger partial charge in [0.2, 0.25) is 0 Å². The zero-order valence-corrected chi connectivity index (χ0v) is 22.7. The second-order valence-electron chi connectivity index (χ2n) is 8.97. The molecule has 1 N–H and O–H groups in total. The molecule has 0 radical (unpaired) electrons. The molecule has 0 amide bonds. The lowest BCUT2D eigenvalue weighted by molar-refractivity contribution is 0.286. The maximum absolute atomic E-state index is 13.7. The van der Waals surface area contributed by atoms with Gasteiger partial charge in [-0.1, -0.05) is 54.4 Å². The highest BCUT2D eigenvalue weighted by Crippen LogP contribution is 2.29. The van der Waals surface area contributed by atoms with Crippen molar-refractivity contribution in [2.75, 3.05) is 24.0 Å². The molecular formula is C28H34Cl2N2O3S. The molecule has 3 aromatic rings. The van der Waals surface area contributed by atoms with Gasteiger partial charge in [-0.2, -0.15) is 0 Å². The minimum absolute atomic E-state index is 0. The van der Waals surface area contributed by atoms with Crippen molar-refractivity contribution in [3.63, 3.8) is 0 Å². The maximum atomic E-state index is 13.7. The van der Waals surface area contributed by atoms with E-state index >= 15 is 0 Å². The highest BCUT2D eigenvalue weighted by molar-refractivity contribution is 7.92. The highest BCUT2D eigenvalue weighted by Gasteiger charge is 2.26. The fourth-order valence-electron chi connectivity index (χ4n) is 4.46. The van der Waals surface area contributed by atoms with Crippen molar-refractivity contribution >= 4 is 39.7 Å². The Hall–Kier alpha value is -2.25. The topological polar surface area (TPSA) is 58.6 Å². The van der Waals surface area contributed by atoms with Crippen LogP contribution in [0.15, 0.2) is 83.8 Å². The number of anilines is 1. The van der Waals surface area contributed by atoms with Gasteiger partial charge in [-0.25, -0.2) is 8.42 Å². The molecule has 1 fully saturated rings. The lowest BCUT2D eigenvalue weighted by atomic mass is 9.98. The third-order valence-corrected chi connectivity index (χ3v) is 8.44. The zero-order chi connectivity index (χ0) is 24.5. The minimum atomic E-state index is -3.82. The van der Waals surface area contributed by atoms with Gasteiger partial charge in [0, 0.05) is 10.6 Å². The molecule has 0 spiro atoms. The Kier molecular flexibility index (Phi) is 10.9. The minimum Gasteiger partial charge on any atom is -0.493 e. The number of sulfonamides is 1. The van der Waals surface area contributed by atoms with Crippen LogP contribution in [0.5, 0.6) is 5.75 Å². The summed E-state index contributed by atoms with van der Waals surface area (Å²) >= 11 is 6.00. The summed E-state index contributed by atoms with van der Waals surface area (Å²) in [7, 11) is -3.82. The van der Waals surface area contributed by atoms with Crippen LogP contribution >= 0.6 is 24.0 Å². The fourth-order valence-corrected chi connectivity index (χ4v) is 6.03. The van der Waals surface area contributed by atoms with Crippen molar-refractivity contribution in [3.8, 4) is 5.75 Å². The first-order chi connectivity index (χ1) is 17.0. The summed E-state index contributed by atoms with van der Waals surface area (Å²) in [6.07, 6.45) is 5.94. The Bertz CT molecular complexity index is 1170. The first-order valence-corrected chi connectivity index (χ1v) is 14.1. The zero-order valence-electron chi connectivity index (χ0n) is 20.3. The van der Waals surface area contributed by atoms with E-state index in [1.54, 1.807) is 36.4 Å². The van der Waals surface area contributed by atoms with Crippen LogP contribution in [0.4, 0.5) is 5.69 Å². The normalized spacial score (nSPS) is 16.0. The molecular weight excluding hydrogens is 515 g/mol. The lowest BCUT2D eigenvalue weighted by Gasteiger charge is -2.26. The number of nitrogens with zero attached hydrogens (tertiary/aromatic N) is 1. The van der Waals surface area contributed by atoms with Gasteiger partial charge in [0.25, 0.3) is 10.0 Å². The van der Waals surface area contributed by atoms with Gasteiger partial charge in [0.15, 0.2) is 0 Å². The predicted octanol–water partition coefficient (Wildman–Crippen LogP) is 6.71. The molecule has 1 atom stereocenters. The fraction of sp³-hybridized carbons (Fsp3) is 0.357. The van der Waals surface area contributed by atoms with Crippen LogP contribution in [0, 0.1) is 5.92 Å². The number of benzene rings is 3. The smallest absolute Gasteiger partial charge is 0.264 e. The van der Waals surface area contributed by atoms with Gasteiger partial charge in [0.05, 0.1) is 23.7 Å². The largest absolute Gasteiger partial charge is 0.493 e.